The number of nitrogens with zero attached hydrogens (tertiary/aromatic N) is 1. The third kappa shape index (κ3) is 4.49. The molecule has 2 aromatic rings. The van der Waals surface area contributed by atoms with Gasteiger partial charge in [0.25, 0.3) is 0 Å². The normalized spacial score (nSPS) is 11.7. The van der Waals surface area contributed by atoms with E-state index in [1.165, 1.54) is 12.1 Å². The molecule has 21 heavy (non-hydrogen) atoms. The van der Waals surface area contributed by atoms with Crippen LogP contribution < -0.4 is 10.1 Å². The zero-order valence-corrected chi connectivity index (χ0v) is 11.7. The average molecular weight is 299 g/mol. The van der Waals surface area contributed by atoms with E-state index in [2.05, 4.69) is 20.3 Å². The Labute approximate surface area is 120 Å². The largest absolute Gasteiger partial charge is 0.573 e. The molecular formula is C14H16F3N3O. The number of rotatable bonds is 5. The Hall–Kier alpha value is -2.02. The summed E-state index contributed by atoms with van der Waals surface area (Å²) in [6.07, 6.45) is -4.66. The van der Waals surface area contributed by atoms with Crippen molar-refractivity contribution in [3.63, 3.8) is 0 Å². The summed E-state index contributed by atoms with van der Waals surface area (Å²) in [5, 5.41) is 10.2. The summed E-state index contributed by atoms with van der Waals surface area (Å²) in [6.45, 7) is 5.06. The molecular weight excluding hydrogens is 283 g/mol. The highest BCUT2D eigenvalue weighted by molar-refractivity contribution is 5.28. The lowest BCUT2D eigenvalue weighted by atomic mass is 10.2. The summed E-state index contributed by atoms with van der Waals surface area (Å²) in [5.74, 6) is -0.215. The van der Waals surface area contributed by atoms with Crippen LogP contribution in [-0.2, 0) is 13.1 Å². The van der Waals surface area contributed by atoms with Crippen LogP contribution in [0.3, 0.4) is 0 Å². The lowest BCUT2D eigenvalue weighted by molar-refractivity contribution is -0.274. The van der Waals surface area contributed by atoms with E-state index in [-0.39, 0.29) is 5.75 Å². The smallest absolute Gasteiger partial charge is 0.406 e. The average Bonchev–Trinajstić information content (AvgIpc) is 2.70. The van der Waals surface area contributed by atoms with Crippen molar-refractivity contribution in [3.05, 3.63) is 46.8 Å². The summed E-state index contributed by atoms with van der Waals surface area (Å²) in [4.78, 5) is 0. The Morgan fingerprint density at radius 2 is 1.81 bits per heavy atom. The van der Waals surface area contributed by atoms with Gasteiger partial charge in [0.05, 0.1) is 5.69 Å². The Balaban J connectivity index is 1.87. The van der Waals surface area contributed by atoms with E-state index < -0.39 is 6.36 Å². The molecule has 0 aliphatic carbocycles. The molecule has 0 aliphatic heterocycles. The van der Waals surface area contributed by atoms with E-state index >= 15 is 0 Å². The minimum Gasteiger partial charge on any atom is -0.406 e. The van der Waals surface area contributed by atoms with Crippen LogP contribution in [-0.4, -0.2) is 16.6 Å². The Bertz CT molecular complexity index is 571. The van der Waals surface area contributed by atoms with Crippen molar-refractivity contribution < 1.29 is 17.9 Å². The van der Waals surface area contributed by atoms with E-state index in [1.807, 2.05) is 13.8 Å². The van der Waals surface area contributed by atoms with Gasteiger partial charge < -0.3 is 10.1 Å². The number of H-pyrrole nitrogens is 1. The molecule has 2 rings (SSSR count). The highest BCUT2D eigenvalue weighted by atomic mass is 19.4. The summed E-state index contributed by atoms with van der Waals surface area (Å²) in [7, 11) is 0. The number of aryl methyl sites for hydroxylation is 2. The minimum absolute atomic E-state index is 0.215. The second-order valence-corrected chi connectivity index (χ2v) is 4.71. The summed E-state index contributed by atoms with van der Waals surface area (Å²) >= 11 is 0. The third-order valence-corrected chi connectivity index (χ3v) is 3.07. The van der Waals surface area contributed by atoms with Gasteiger partial charge in [0.2, 0.25) is 0 Å². The number of aromatic nitrogens is 2. The van der Waals surface area contributed by atoms with Crippen LogP contribution in [0.2, 0.25) is 0 Å². The number of benzene rings is 1. The maximum absolute atomic E-state index is 12.0. The fourth-order valence-corrected chi connectivity index (χ4v) is 1.98. The number of ether oxygens (including phenoxy) is 1. The minimum atomic E-state index is -4.66. The lowest BCUT2D eigenvalue weighted by Gasteiger charge is -2.10. The van der Waals surface area contributed by atoms with Crippen molar-refractivity contribution in [2.45, 2.75) is 33.3 Å². The van der Waals surface area contributed by atoms with Crippen molar-refractivity contribution in [1.29, 1.82) is 0 Å². The molecule has 0 unspecified atom stereocenters. The van der Waals surface area contributed by atoms with Crippen molar-refractivity contribution >= 4 is 0 Å². The Morgan fingerprint density at radius 3 is 2.33 bits per heavy atom. The number of aromatic amines is 1. The first-order chi connectivity index (χ1) is 9.85. The summed E-state index contributed by atoms with van der Waals surface area (Å²) in [6, 6.07) is 5.81. The van der Waals surface area contributed by atoms with Crippen LogP contribution in [0.1, 0.15) is 22.5 Å². The van der Waals surface area contributed by atoms with Crippen LogP contribution >= 0.6 is 0 Å². The van der Waals surface area contributed by atoms with Crippen molar-refractivity contribution in [2.24, 2.45) is 0 Å². The zero-order chi connectivity index (χ0) is 15.5. The van der Waals surface area contributed by atoms with Gasteiger partial charge in [-0.2, -0.15) is 5.10 Å². The number of alkyl halides is 3. The van der Waals surface area contributed by atoms with Crippen LogP contribution in [0.15, 0.2) is 24.3 Å². The van der Waals surface area contributed by atoms with Gasteiger partial charge >= 0.3 is 6.36 Å². The molecule has 114 valence electrons. The highest BCUT2D eigenvalue weighted by Gasteiger charge is 2.30. The van der Waals surface area contributed by atoms with E-state index in [9.17, 15) is 13.2 Å². The third-order valence-electron chi connectivity index (χ3n) is 3.07. The maximum Gasteiger partial charge on any atom is 0.573 e. The van der Waals surface area contributed by atoms with Crippen molar-refractivity contribution in [3.8, 4) is 5.75 Å². The molecule has 0 spiro atoms. The Kier molecular flexibility index (Phi) is 4.52. The van der Waals surface area contributed by atoms with Crippen LogP contribution in [0, 0.1) is 13.8 Å². The molecule has 0 radical (unpaired) electrons. The predicted octanol–water partition coefficient (Wildman–Crippen LogP) is 3.21. The number of halogens is 3. The monoisotopic (exact) mass is 299 g/mol. The molecule has 1 aromatic carbocycles. The van der Waals surface area contributed by atoms with Gasteiger partial charge in [0.1, 0.15) is 5.75 Å². The molecule has 4 nitrogen and oxygen atoms in total. The fraction of sp³-hybridized carbons (Fsp3) is 0.357. The molecule has 1 aromatic heterocycles. The number of hydrogen-bond donors (Lipinski definition) is 2. The number of nitrogens with one attached hydrogen (secondary N) is 2. The van der Waals surface area contributed by atoms with Crippen LogP contribution in [0.25, 0.3) is 0 Å². The molecule has 0 amide bonds. The Morgan fingerprint density at radius 1 is 1.14 bits per heavy atom. The second-order valence-electron chi connectivity index (χ2n) is 4.71. The van der Waals surface area contributed by atoms with Gasteiger partial charge in [-0.3, -0.25) is 5.10 Å². The van der Waals surface area contributed by atoms with Gasteiger partial charge in [-0.05, 0) is 31.5 Å². The van der Waals surface area contributed by atoms with E-state index in [0.717, 1.165) is 22.5 Å². The topological polar surface area (TPSA) is 49.9 Å². The standard InChI is InChI=1S/C14H16F3N3O/c1-9-13(10(2)20-19-9)8-18-7-11-3-5-12(6-4-11)21-14(15,16)17/h3-6,18H,7-8H2,1-2H3,(H,19,20). The zero-order valence-electron chi connectivity index (χ0n) is 11.7. The van der Waals surface area contributed by atoms with Gasteiger partial charge in [0, 0.05) is 24.3 Å². The molecule has 0 saturated heterocycles. The molecule has 0 saturated carbocycles. The SMILES string of the molecule is Cc1n[nH]c(C)c1CNCc1ccc(OC(F)(F)F)cc1. The predicted molar refractivity (Wildman–Crippen MR) is 71.7 cm³/mol. The molecule has 1 heterocycles. The second kappa shape index (κ2) is 6.17. The molecule has 0 fully saturated rings. The quantitative estimate of drug-likeness (QED) is 0.891. The molecule has 7 heteroatoms. The maximum atomic E-state index is 12.0. The van der Waals surface area contributed by atoms with E-state index in [1.54, 1.807) is 12.1 Å². The van der Waals surface area contributed by atoms with Gasteiger partial charge in [-0.25, -0.2) is 0 Å². The van der Waals surface area contributed by atoms with Gasteiger partial charge in [0.15, 0.2) is 0 Å². The van der Waals surface area contributed by atoms with Gasteiger partial charge in [-0.1, -0.05) is 12.1 Å². The molecule has 2 N–H and O–H groups in total. The molecule has 0 aliphatic rings. The van der Waals surface area contributed by atoms with Gasteiger partial charge in [-0.15, -0.1) is 13.2 Å². The lowest BCUT2D eigenvalue weighted by Crippen LogP contribution is -2.17. The molecule has 0 bridgehead atoms. The first-order valence-electron chi connectivity index (χ1n) is 6.41. The van der Waals surface area contributed by atoms with E-state index in [4.69, 9.17) is 0 Å². The number of hydrogen-bond acceptors (Lipinski definition) is 3. The van der Waals surface area contributed by atoms with Crippen LogP contribution in [0.5, 0.6) is 5.75 Å². The summed E-state index contributed by atoms with van der Waals surface area (Å²) in [5.41, 5.74) is 3.93. The fourth-order valence-electron chi connectivity index (χ4n) is 1.98. The first kappa shape index (κ1) is 15.4. The van der Waals surface area contributed by atoms with E-state index in [0.29, 0.717) is 13.1 Å². The van der Waals surface area contributed by atoms with Crippen molar-refractivity contribution in [2.75, 3.05) is 0 Å². The van der Waals surface area contributed by atoms with Crippen molar-refractivity contribution in [1.82, 2.24) is 15.5 Å². The first-order valence-corrected chi connectivity index (χ1v) is 6.41. The highest BCUT2D eigenvalue weighted by Crippen LogP contribution is 2.22. The molecule has 0 atom stereocenters. The van der Waals surface area contributed by atoms with Crippen LogP contribution in [0.4, 0.5) is 13.2 Å². The summed E-state index contributed by atoms with van der Waals surface area (Å²) < 4.78 is 39.9.